The third-order valence-corrected chi connectivity index (χ3v) is 2.66. The molecule has 1 N–H and O–H groups in total. The van der Waals surface area contributed by atoms with Crippen molar-refractivity contribution in [1.82, 2.24) is 0 Å². The molecule has 1 aromatic carbocycles. The predicted octanol–water partition coefficient (Wildman–Crippen LogP) is 2.56. The van der Waals surface area contributed by atoms with Crippen molar-refractivity contribution in [2.24, 2.45) is 0 Å². The number of benzene rings is 1. The van der Waals surface area contributed by atoms with Crippen LogP contribution in [-0.2, 0) is 10.2 Å². The van der Waals surface area contributed by atoms with Crippen molar-refractivity contribution >= 4 is 12.3 Å². The monoisotopic (exact) mass is 220 g/mol. The van der Waals surface area contributed by atoms with Gasteiger partial charge in [0.15, 0.2) is 0 Å². The number of carbonyl (C=O) groups is 2. The lowest BCUT2D eigenvalue weighted by Gasteiger charge is -2.24. The highest BCUT2D eigenvalue weighted by Gasteiger charge is 2.26. The Labute approximate surface area is 95.1 Å². The number of carboxylic acid groups (broad SMARTS) is 1. The van der Waals surface area contributed by atoms with Gasteiger partial charge in [0, 0.05) is 11.0 Å². The Kier molecular flexibility index (Phi) is 3.48. The van der Waals surface area contributed by atoms with Crippen molar-refractivity contribution in [2.45, 2.75) is 32.6 Å². The minimum Gasteiger partial charge on any atom is -0.481 e. The molecule has 0 saturated heterocycles. The first kappa shape index (κ1) is 12.4. The van der Waals surface area contributed by atoms with E-state index in [1.807, 2.05) is 32.9 Å². The molecule has 86 valence electrons. The summed E-state index contributed by atoms with van der Waals surface area (Å²) in [4.78, 5) is 21.7. The number of aliphatic carboxylic acids is 1. The molecular weight excluding hydrogens is 204 g/mol. The highest BCUT2D eigenvalue weighted by molar-refractivity contribution is 5.79. The van der Waals surface area contributed by atoms with Gasteiger partial charge in [-0.25, -0.2) is 0 Å². The van der Waals surface area contributed by atoms with E-state index in [9.17, 15) is 9.59 Å². The fourth-order valence-electron chi connectivity index (χ4n) is 1.87. The van der Waals surface area contributed by atoms with Crippen LogP contribution in [0.5, 0.6) is 0 Å². The lowest BCUT2D eigenvalue weighted by molar-refractivity contribution is -0.138. The van der Waals surface area contributed by atoms with Gasteiger partial charge in [-0.3, -0.25) is 9.59 Å². The minimum absolute atomic E-state index is 0.0108. The Morgan fingerprint density at radius 2 is 2.06 bits per heavy atom. The van der Waals surface area contributed by atoms with E-state index in [0.717, 1.165) is 17.4 Å². The molecule has 0 aromatic heterocycles. The largest absolute Gasteiger partial charge is 0.481 e. The van der Waals surface area contributed by atoms with E-state index >= 15 is 0 Å². The standard InChI is InChI=1S/C13H16O3/c1-9-4-5-11(10(6-9)8-14)13(2,3)7-12(15)16/h4-6,8H,7H2,1-3H3,(H,15,16). The van der Waals surface area contributed by atoms with Crippen LogP contribution in [0, 0.1) is 6.92 Å². The SMILES string of the molecule is Cc1ccc(C(C)(C)CC(=O)O)c(C=O)c1. The summed E-state index contributed by atoms with van der Waals surface area (Å²) in [6.07, 6.45) is 0.794. The first-order valence-electron chi connectivity index (χ1n) is 5.15. The molecule has 0 amide bonds. The highest BCUT2D eigenvalue weighted by Crippen LogP contribution is 2.29. The zero-order valence-corrected chi connectivity index (χ0v) is 9.78. The van der Waals surface area contributed by atoms with E-state index in [2.05, 4.69) is 0 Å². The molecule has 0 atom stereocenters. The van der Waals surface area contributed by atoms with Gasteiger partial charge in [0.2, 0.25) is 0 Å². The van der Waals surface area contributed by atoms with Gasteiger partial charge in [-0.15, -0.1) is 0 Å². The fourth-order valence-corrected chi connectivity index (χ4v) is 1.87. The molecule has 16 heavy (non-hydrogen) atoms. The molecule has 0 heterocycles. The molecule has 0 bridgehead atoms. The van der Waals surface area contributed by atoms with E-state index in [-0.39, 0.29) is 6.42 Å². The van der Waals surface area contributed by atoms with Gasteiger partial charge >= 0.3 is 5.97 Å². The quantitative estimate of drug-likeness (QED) is 0.793. The molecule has 1 aromatic rings. The number of aldehydes is 1. The normalized spacial score (nSPS) is 11.2. The van der Waals surface area contributed by atoms with Crippen molar-refractivity contribution in [3.05, 3.63) is 34.9 Å². The van der Waals surface area contributed by atoms with Crippen LogP contribution in [0.15, 0.2) is 18.2 Å². The summed E-state index contributed by atoms with van der Waals surface area (Å²) < 4.78 is 0. The van der Waals surface area contributed by atoms with Crippen LogP contribution in [0.1, 0.15) is 41.8 Å². The summed E-state index contributed by atoms with van der Waals surface area (Å²) in [5, 5.41) is 8.84. The molecule has 0 spiro atoms. The maximum Gasteiger partial charge on any atom is 0.304 e. The molecule has 0 radical (unpaired) electrons. The van der Waals surface area contributed by atoms with Gasteiger partial charge in [-0.05, 0) is 18.6 Å². The predicted molar refractivity (Wildman–Crippen MR) is 61.8 cm³/mol. The maximum absolute atomic E-state index is 11.0. The fraction of sp³-hybridized carbons (Fsp3) is 0.385. The number of aryl methyl sites for hydroxylation is 1. The first-order chi connectivity index (χ1) is 7.36. The molecule has 1 rings (SSSR count). The Balaban J connectivity index is 3.20. The Bertz CT molecular complexity index is 419. The first-order valence-corrected chi connectivity index (χ1v) is 5.15. The second kappa shape index (κ2) is 4.47. The molecule has 0 fully saturated rings. The maximum atomic E-state index is 11.0. The second-order valence-electron chi connectivity index (χ2n) is 4.66. The molecule has 0 unspecified atom stereocenters. The average molecular weight is 220 g/mol. The van der Waals surface area contributed by atoms with Crippen molar-refractivity contribution in [2.75, 3.05) is 0 Å². The van der Waals surface area contributed by atoms with Crippen LogP contribution in [0.4, 0.5) is 0 Å². The summed E-state index contributed by atoms with van der Waals surface area (Å²) in [6, 6.07) is 5.51. The van der Waals surface area contributed by atoms with E-state index in [4.69, 9.17) is 5.11 Å². The molecule has 0 aliphatic heterocycles. The van der Waals surface area contributed by atoms with Crippen molar-refractivity contribution in [3.63, 3.8) is 0 Å². The molecule has 3 nitrogen and oxygen atoms in total. The zero-order chi connectivity index (χ0) is 12.3. The van der Waals surface area contributed by atoms with Crippen LogP contribution in [-0.4, -0.2) is 17.4 Å². The van der Waals surface area contributed by atoms with Crippen LogP contribution in [0.3, 0.4) is 0 Å². The number of carbonyl (C=O) groups excluding carboxylic acids is 1. The molecular formula is C13H16O3. The number of hydrogen-bond donors (Lipinski definition) is 1. The summed E-state index contributed by atoms with van der Waals surface area (Å²) in [6.45, 7) is 5.57. The molecule has 0 aliphatic carbocycles. The Morgan fingerprint density at radius 1 is 1.44 bits per heavy atom. The minimum atomic E-state index is -0.859. The van der Waals surface area contributed by atoms with Gasteiger partial charge in [0.1, 0.15) is 6.29 Å². The molecule has 3 heteroatoms. The summed E-state index contributed by atoms with van der Waals surface area (Å²) in [7, 11) is 0. The van der Waals surface area contributed by atoms with Gasteiger partial charge in [0.25, 0.3) is 0 Å². The van der Waals surface area contributed by atoms with Crippen LogP contribution in [0.2, 0.25) is 0 Å². The van der Waals surface area contributed by atoms with Crippen LogP contribution < -0.4 is 0 Å². The van der Waals surface area contributed by atoms with Crippen molar-refractivity contribution < 1.29 is 14.7 Å². The van der Waals surface area contributed by atoms with Crippen molar-refractivity contribution in [1.29, 1.82) is 0 Å². The molecule has 0 aliphatic rings. The van der Waals surface area contributed by atoms with E-state index in [0.29, 0.717) is 5.56 Å². The summed E-state index contributed by atoms with van der Waals surface area (Å²) in [5.41, 5.74) is 1.83. The van der Waals surface area contributed by atoms with Crippen molar-refractivity contribution in [3.8, 4) is 0 Å². The van der Waals surface area contributed by atoms with E-state index < -0.39 is 11.4 Å². The van der Waals surface area contributed by atoms with Gasteiger partial charge in [-0.1, -0.05) is 31.5 Å². The topological polar surface area (TPSA) is 54.4 Å². The van der Waals surface area contributed by atoms with Gasteiger partial charge in [-0.2, -0.15) is 0 Å². The van der Waals surface area contributed by atoms with Gasteiger partial charge < -0.3 is 5.11 Å². The zero-order valence-electron chi connectivity index (χ0n) is 9.78. The number of hydrogen-bond acceptors (Lipinski definition) is 2. The second-order valence-corrected chi connectivity index (χ2v) is 4.66. The third-order valence-electron chi connectivity index (χ3n) is 2.66. The lowest BCUT2D eigenvalue weighted by Crippen LogP contribution is -2.23. The Morgan fingerprint density at radius 3 is 2.56 bits per heavy atom. The van der Waals surface area contributed by atoms with E-state index in [1.54, 1.807) is 6.07 Å². The van der Waals surface area contributed by atoms with Crippen LogP contribution in [0.25, 0.3) is 0 Å². The van der Waals surface area contributed by atoms with Gasteiger partial charge in [0.05, 0.1) is 6.42 Å². The van der Waals surface area contributed by atoms with Crippen LogP contribution >= 0.6 is 0 Å². The smallest absolute Gasteiger partial charge is 0.304 e. The number of carboxylic acids is 1. The Hall–Kier alpha value is -1.64. The average Bonchev–Trinajstić information content (AvgIpc) is 2.15. The summed E-state index contributed by atoms with van der Waals surface area (Å²) in [5.74, 6) is -0.859. The lowest BCUT2D eigenvalue weighted by atomic mass is 9.79. The molecule has 0 saturated carbocycles. The summed E-state index contributed by atoms with van der Waals surface area (Å²) >= 11 is 0. The van der Waals surface area contributed by atoms with E-state index in [1.165, 1.54) is 0 Å². The highest BCUT2D eigenvalue weighted by atomic mass is 16.4. The number of rotatable bonds is 4. The third kappa shape index (κ3) is 2.69.